The lowest BCUT2D eigenvalue weighted by atomic mass is 10.1. The van der Waals surface area contributed by atoms with E-state index in [4.69, 9.17) is 9.73 Å². The van der Waals surface area contributed by atoms with Gasteiger partial charge in [-0.1, -0.05) is 67.1 Å². The van der Waals surface area contributed by atoms with Gasteiger partial charge in [0.25, 0.3) is 0 Å². The van der Waals surface area contributed by atoms with E-state index >= 15 is 0 Å². The van der Waals surface area contributed by atoms with E-state index in [0.29, 0.717) is 17.6 Å². The number of aliphatic imine (C=N–C) groups is 1. The number of hydrogen-bond donors (Lipinski definition) is 0. The molecule has 1 heterocycles. The minimum absolute atomic E-state index is 0.320. The predicted octanol–water partition coefficient (Wildman–Crippen LogP) is 4.11. The van der Waals surface area contributed by atoms with Gasteiger partial charge in [-0.15, -0.1) is 0 Å². The largest absolute Gasteiger partial charge is 0.478 e. The summed E-state index contributed by atoms with van der Waals surface area (Å²) in [5.41, 5.74) is 0.633. The molecule has 2 unspecified atom stereocenters. The van der Waals surface area contributed by atoms with Crippen molar-refractivity contribution in [2.45, 2.75) is 37.9 Å². The van der Waals surface area contributed by atoms with Crippen LogP contribution in [0.3, 0.4) is 0 Å². The van der Waals surface area contributed by atoms with Crippen molar-refractivity contribution in [1.82, 2.24) is 0 Å². The highest BCUT2D eigenvalue weighted by Gasteiger charge is 2.40. The van der Waals surface area contributed by atoms with Gasteiger partial charge in [-0.2, -0.15) is 0 Å². The molecule has 124 valence electrons. The highest BCUT2D eigenvalue weighted by atomic mass is 31.1. The van der Waals surface area contributed by atoms with Gasteiger partial charge in [0.05, 0.1) is 6.04 Å². The Kier molecular flexibility index (Phi) is 4.67. The summed E-state index contributed by atoms with van der Waals surface area (Å²) in [6.45, 7) is 2.90. The van der Waals surface area contributed by atoms with Gasteiger partial charge in [-0.05, 0) is 44.0 Å². The molecule has 24 heavy (non-hydrogen) atoms. The van der Waals surface area contributed by atoms with Crippen molar-refractivity contribution in [3.63, 3.8) is 0 Å². The SMILES string of the molecule is C[C@@H]1COC(C2CCCC2P(c2ccccc2)c2ccccc2)=N1. The maximum Gasteiger partial charge on any atom is 0.187 e. The molecule has 3 atom stereocenters. The van der Waals surface area contributed by atoms with Crippen molar-refractivity contribution in [1.29, 1.82) is 0 Å². The monoisotopic (exact) mass is 337 g/mol. The van der Waals surface area contributed by atoms with Crippen molar-refractivity contribution in [2.75, 3.05) is 6.61 Å². The average molecular weight is 337 g/mol. The maximum absolute atomic E-state index is 5.96. The average Bonchev–Trinajstić information content (AvgIpc) is 3.26. The third-order valence-electron chi connectivity index (χ3n) is 5.02. The molecule has 1 aliphatic carbocycles. The smallest absolute Gasteiger partial charge is 0.187 e. The lowest BCUT2D eigenvalue weighted by Gasteiger charge is -2.29. The molecule has 0 N–H and O–H groups in total. The first-order valence-electron chi connectivity index (χ1n) is 8.93. The lowest BCUT2D eigenvalue weighted by molar-refractivity contribution is 0.303. The fourth-order valence-electron chi connectivity index (χ4n) is 3.95. The van der Waals surface area contributed by atoms with Crippen molar-refractivity contribution in [3.05, 3.63) is 60.7 Å². The second-order valence-electron chi connectivity index (χ2n) is 6.77. The summed E-state index contributed by atoms with van der Waals surface area (Å²) in [5.74, 6) is 1.52. The highest BCUT2D eigenvalue weighted by Crippen LogP contribution is 2.50. The van der Waals surface area contributed by atoms with E-state index in [1.54, 1.807) is 0 Å². The molecule has 0 radical (unpaired) electrons. The molecular weight excluding hydrogens is 313 g/mol. The van der Waals surface area contributed by atoms with Crippen molar-refractivity contribution in [3.8, 4) is 0 Å². The van der Waals surface area contributed by atoms with Gasteiger partial charge in [0.2, 0.25) is 0 Å². The Hall–Kier alpha value is -1.66. The predicted molar refractivity (Wildman–Crippen MR) is 103 cm³/mol. The fourth-order valence-corrected chi connectivity index (χ4v) is 7.08. The zero-order valence-electron chi connectivity index (χ0n) is 14.1. The van der Waals surface area contributed by atoms with Crippen LogP contribution in [-0.4, -0.2) is 24.2 Å². The lowest BCUT2D eigenvalue weighted by Crippen LogP contribution is -2.29. The molecule has 4 rings (SSSR count). The number of ether oxygens (including phenoxy) is 1. The van der Waals surface area contributed by atoms with E-state index in [9.17, 15) is 0 Å². The summed E-state index contributed by atoms with van der Waals surface area (Å²) in [5, 5.41) is 2.95. The van der Waals surface area contributed by atoms with Crippen molar-refractivity contribution < 1.29 is 4.74 Å². The first-order chi connectivity index (χ1) is 11.8. The van der Waals surface area contributed by atoms with Crippen LogP contribution in [0.4, 0.5) is 0 Å². The molecule has 0 bridgehead atoms. The van der Waals surface area contributed by atoms with E-state index in [-0.39, 0.29) is 7.92 Å². The van der Waals surface area contributed by atoms with Crippen LogP contribution in [0.15, 0.2) is 65.7 Å². The van der Waals surface area contributed by atoms with Crippen molar-refractivity contribution in [2.24, 2.45) is 10.9 Å². The molecule has 2 aliphatic rings. The molecule has 1 saturated carbocycles. The molecule has 2 nitrogen and oxygen atoms in total. The van der Waals surface area contributed by atoms with E-state index in [1.807, 2.05) is 0 Å². The molecule has 0 aromatic heterocycles. The fraction of sp³-hybridized carbons (Fsp3) is 0.381. The first-order valence-corrected chi connectivity index (χ1v) is 10.3. The Balaban J connectivity index is 1.72. The van der Waals surface area contributed by atoms with E-state index in [0.717, 1.165) is 12.5 Å². The van der Waals surface area contributed by atoms with Gasteiger partial charge in [-0.3, -0.25) is 0 Å². The highest BCUT2D eigenvalue weighted by molar-refractivity contribution is 7.73. The topological polar surface area (TPSA) is 21.6 Å². The normalized spacial score (nSPS) is 26.4. The summed E-state index contributed by atoms with van der Waals surface area (Å²) in [4.78, 5) is 4.80. The molecule has 0 spiro atoms. The van der Waals surface area contributed by atoms with Gasteiger partial charge in [-0.25, -0.2) is 4.99 Å². The Bertz CT molecular complexity index is 661. The van der Waals surface area contributed by atoms with Gasteiger partial charge < -0.3 is 4.74 Å². The van der Waals surface area contributed by atoms with E-state index in [2.05, 4.69) is 67.6 Å². The van der Waals surface area contributed by atoms with Crippen LogP contribution >= 0.6 is 7.92 Å². The number of benzene rings is 2. The van der Waals surface area contributed by atoms with Gasteiger partial charge >= 0.3 is 0 Å². The van der Waals surface area contributed by atoms with Crippen molar-refractivity contribution >= 4 is 24.4 Å². The summed E-state index contributed by atoms with van der Waals surface area (Å²) in [7, 11) is -0.383. The van der Waals surface area contributed by atoms with Gasteiger partial charge in [0.15, 0.2) is 5.90 Å². The second kappa shape index (κ2) is 7.07. The van der Waals surface area contributed by atoms with Gasteiger partial charge in [0.1, 0.15) is 6.61 Å². The van der Waals surface area contributed by atoms with Crippen LogP contribution in [-0.2, 0) is 4.74 Å². The van der Waals surface area contributed by atoms with Crippen LogP contribution in [0.2, 0.25) is 0 Å². The molecule has 0 saturated heterocycles. The number of hydrogen-bond acceptors (Lipinski definition) is 2. The molecule has 3 heteroatoms. The Morgan fingerprint density at radius 2 is 1.54 bits per heavy atom. The standard InChI is InChI=1S/C21H24NOP/c1-16-15-23-21(22-16)19-13-8-14-20(19)24(17-9-4-2-5-10-17)18-11-6-3-7-12-18/h2-7,9-12,16,19-20H,8,13-15H2,1H3/t16-,19?,20?/m1/s1. The Labute approximate surface area is 145 Å². The first kappa shape index (κ1) is 15.8. The van der Waals surface area contributed by atoms with Crippen LogP contribution in [0.1, 0.15) is 26.2 Å². The third kappa shape index (κ3) is 3.13. The van der Waals surface area contributed by atoms with Crippen LogP contribution in [0.25, 0.3) is 0 Å². The maximum atomic E-state index is 5.96. The summed E-state index contributed by atoms with van der Waals surface area (Å²) >= 11 is 0. The number of rotatable bonds is 4. The minimum atomic E-state index is -0.383. The number of nitrogens with zero attached hydrogens (tertiary/aromatic N) is 1. The van der Waals surface area contributed by atoms with Gasteiger partial charge in [0, 0.05) is 5.92 Å². The quantitative estimate of drug-likeness (QED) is 0.770. The molecule has 2 aromatic rings. The van der Waals surface area contributed by atoms with Crippen LogP contribution in [0, 0.1) is 5.92 Å². The third-order valence-corrected chi connectivity index (χ3v) is 8.01. The second-order valence-corrected chi connectivity index (χ2v) is 9.21. The zero-order valence-corrected chi connectivity index (χ0v) is 15.0. The minimum Gasteiger partial charge on any atom is -0.478 e. The zero-order chi connectivity index (χ0) is 16.4. The molecule has 1 fully saturated rings. The van der Waals surface area contributed by atoms with Crippen LogP contribution in [0.5, 0.6) is 0 Å². The molecule has 0 amide bonds. The summed E-state index contributed by atoms with van der Waals surface area (Å²) in [6.07, 6.45) is 3.77. The molecule has 1 aliphatic heterocycles. The molecular formula is C21H24NOP. The Morgan fingerprint density at radius 1 is 0.917 bits per heavy atom. The summed E-state index contributed by atoms with van der Waals surface area (Å²) < 4.78 is 5.96. The Morgan fingerprint density at radius 3 is 2.08 bits per heavy atom. The molecule has 2 aromatic carbocycles. The summed E-state index contributed by atoms with van der Waals surface area (Å²) in [6, 6.07) is 22.4. The van der Waals surface area contributed by atoms with E-state index < -0.39 is 0 Å². The van der Waals surface area contributed by atoms with E-state index in [1.165, 1.54) is 29.9 Å². The van der Waals surface area contributed by atoms with Crippen LogP contribution < -0.4 is 10.6 Å².